The van der Waals surface area contributed by atoms with Crippen molar-refractivity contribution in [3.05, 3.63) is 29.3 Å². The van der Waals surface area contributed by atoms with Crippen LogP contribution in [0.1, 0.15) is 17.5 Å². The van der Waals surface area contributed by atoms with Gasteiger partial charge in [-0.3, -0.25) is 0 Å². The number of benzene rings is 1. The predicted octanol–water partition coefficient (Wildman–Crippen LogP) is 2.75. The molecule has 0 aliphatic carbocycles. The molecule has 1 aromatic carbocycles. The van der Waals surface area contributed by atoms with Crippen molar-refractivity contribution >= 4 is 17.3 Å². The molecule has 1 rings (SSSR count). The molecule has 2 N–H and O–H groups in total. The number of hydrogen-bond acceptors (Lipinski definition) is 1. The largest absolute Gasteiger partial charge is 0.398 e. The van der Waals surface area contributed by atoms with E-state index in [4.69, 9.17) is 17.3 Å². The number of alkyl halides is 1. The molecule has 0 aliphatic heterocycles. The molecule has 0 saturated heterocycles. The molecule has 0 heterocycles. The van der Waals surface area contributed by atoms with Crippen LogP contribution < -0.4 is 5.73 Å². The molecule has 1 aromatic rings. The van der Waals surface area contributed by atoms with Gasteiger partial charge < -0.3 is 5.73 Å². The summed E-state index contributed by atoms with van der Waals surface area (Å²) in [5.41, 5.74) is 9.22. The number of aryl methyl sites for hydroxylation is 1. The molecule has 0 fully saturated rings. The molecular formula is C10H14ClN. The minimum absolute atomic E-state index is 0.702. The molecule has 0 saturated carbocycles. The zero-order chi connectivity index (χ0) is 8.97. The normalized spacial score (nSPS) is 10.2. The van der Waals surface area contributed by atoms with Gasteiger partial charge in [0, 0.05) is 11.6 Å². The summed E-state index contributed by atoms with van der Waals surface area (Å²) >= 11 is 5.62. The second-order valence-corrected chi connectivity index (χ2v) is 3.31. The van der Waals surface area contributed by atoms with Gasteiger partial charge in [-0.25, -0.2) is 0 Å². The highest BCUT2D eigenvalue weighted by Crippen LogP contribution is 2.17. The van der Waals surface area contributed by atoms with Crippen molar-refractivity contribution in [2.24, 2.45) is 0 Å². The minimum atomic E-state index is 0.702. The molecule has 0 unspecified atom stereocenters. The second kappa shape index (κ2) is 4.36. The van der Waals surface area contributed by atoms with Gasteiger partial charge >= 0.3 is 0 Å². The van der Waals surface area contributed by atoms with E-state index in [1.165, 1.54) is 11.1 Å². The number of nitrogen functional groups attached to an aromatic ring is 1. The summed E-state index contributed by atoms with van der Waals surface area (Å²) in [5, 5.41) is 0. The summed E-state index contributed by atoms with van der Waals surface area (Å²) in [6.45, 7) is 2.08. The highest BCUT2D eigenvalue weighted by molar-refractivity contribution is 6.17. The van der Waals surface area contributed by atoms with Crippen LogP contribution in [0.2, 0.25) is 0 Å². The minimum Gasteiger partial charge on any atom is -0.398 e. The van der Waals surface area contributed by atoms with E-state index in [1.54, 1.807) is 0 Å². The van der Waals surface area contributed by atoms with Crippen molar-refractivity contribution in [1.82, 2.24) is 0 Å². The Morgan fingerprint density at radius 2 is 2.17 bits per heavy atom. The number of anilines is 1. The summed E-state index contributed by atoms with van der Waals surface area (Å²) in [5.74, 6) is 0.702. The van der Waals surface area contributed by atoms with Crippen molar-refractivity contribution < 1.29 is 0 Å². The molecule has 1 nitrogen and oxygen atoms in total. The van der Waals surface area contributed by atoms with Crippen LogP contribution in [-0.2, 0) is 6.42 Å². The van der Waals surface area contributed by atoms with Gasteiger partial charge in [-0.05, 0) is 37.0 Å². The number of halogens is 1. The van der Waals surface area contributed by atoms with Gasteiger partial charge in [0.05, 0.1) is 0 Å². The zero-order valence-corrected chi connectivity index (χ0v) is 8.06. The van der Waals surface area contributed by atoms with E-state index in [0.29, 0.717) is 5.88 Å². The van der Waals surface area contributed by atoms with Crippen LogP contribution in [0.4, 0.5) is 5.69 Å². The average molecular weight is 184 g/mol. The van der Waals surface area contributed by atoms with E-state index >= 15 is 0 Å². The van der Waals surface area contributed by atoms with Crippen LogP contribution in [0.25, 0.3) is 0 Å². The van der Waals surface area contributed by atoms with Crippen LogP contribution in [0.3, 0.4) is 0 Å². The molecule has 0 amide bonds. The lowest BCUT2D eigenvalue weighted by Gasteiger charge is -2.07. The number of hydrogen-bond donors (Lipinski definition) is 1. The molecule has 0 atom stereocenters. The monoisotopic (exact) mass is 183 g/mol. The fourth-order valence-corrected chi connectivity index (χ4v) is 1.44. The van der Waals surface area contributed by atoms with Gasteiger partial charge in [0.2, 0.25) is 0 Å². The Balaban J connectivity index is 2.81. The Bertz CT molecular complexity index is 238. The van der Waals surface area contributed by atoms with Gasteiger partial charge in [0.15, 0.2) is 0 Å². The fourth-order valence-electron chi connectivity index (χ4n) is 1.31. The lowest BCUT2D eigenvalue weighted by Crippen LogP contribution is -1.97. The third kappa shape index (κ3) is 2.15. The van der Waals surface area contributed by atoms with Crippen molar-refractivity contribution in [2.75, 3.05) is 11.6 Å². The zero-order valence-electron chi connectivity index (χ0n) is 7.31. The van der Waals surface area contributed by atoms with Crippen LogP contribution in [0.15, 0.2) is 18.2 Å². The smallest absolute Gasteiger partial charge is 0.0349 e. The maximum Gasteiger partial charge on any atom is 0.0349 e. The van der Waals surface area contributed by atoms with E-state index < -0.39 is 0 Å². The highest BCUT2D eigenvalue weighted by Gasteiger charge is 2.00. The van der Waals surface area contributed by atoms with Crippen LogP contribution >= 0.6 is 11.6 Å². The fraction of sp³-hybridized carbons (Fsp3) is 0.400. The van der Waals surface area contributed by atoms with E-state index in [9.17, 15) is 0 Å². The summed E-state index contributed by atoms with van der Waals surface area (Å²) < 4.78 is 0. The topological polar surface area (TPSA) is 26.0 Å². The lowest BCUT2D eigenvalue weighted by molar-refractivity contribution is 0.922. The summed E-state index contributed by atoms with van der Waals surface area (Å²) in [6, 6.07) is 6.01. The van der Waals surface area contributed by atoms with E-state index in [2.05, 4.69) is 13.0 Å². The lowest BCUT2D eigenvalue weighted by atomic mass is 10.0. The van der Waals surface area contributed by atoms with E-state index in [0.717, 1.165) is 18.5 Å². The number of rotatable bonds is 3. The number of nitrogens with two attached hydrogens (primary N) is 1. The SMILES string of the molecule is Cc1cccc(N)c1CCCCl. The molecule has 0 aromatic heterocycles. The van der Waals surface area contributed by atoms with Gasteiger partial charge in [0.1, 0.15) is 0 Å². The molecule has 2 heteroatoms. The summed E-state index contributed by atoms with van der Waals surface area (Å²) in [4.78, 5) is 0. The average Bonchev–Trinajstić information content (AvgIpc) is 2.04. The maximum absolute atomic E-state index is 5.82. The van der Waals surface area contributed by atoms with Gasteiger partial charge in [-0.2, -0.15) is 0 Å². The van der Waals surface area contributed by atoms with Crippen molar-refractivity contribution in [3.8, 4) is 0 Å². The Morgan fingerprint density at radius 3 is 2.75 bits per heavy atom. The first-order valence-corrected chi connectivity index (χ1v) is 4.69. The second-order valence-electron chi connectivity index (χ2n) is 2.94. The van der Waals surface area contributed by atoms with Crippen LogP contribution in [0.5, 0.6) is 0 Å². The molecule has 0 aliphatic rings. The first-order chi connectivity index (χ1) is 5.75. The first kappa shape index (κ1) is 9.40. The predicted molar refractivity (Wildman–Crippen MR) is 54.6 cm³/mol. The van der Waals surface area contributed by atoms with Gasteiger partial charge in [-0.1, -0.05) is 12.1 Å². The Morgan fingerprint density at radius 1 is 1.42 bits per heavy atom. The van der Waals surface area contributed by atoms with E-state index in [1.807, 2.05) is 12.1 Å². The van der Waals surface area contributed by atoms with Crippen molar-refractivity contribution in [2.45, 2.75) is 19.8 Å². The van der Waals surface area contributed by atoms with Crippen LogP contribution in [-0.4, -0.2) is 5.88 Å². The molecular weight excluding hydrogens is 170 g/mol. The third-order valence-electron chi connectivity index (χ3n) is 2.01. The summed E-state index contributed by atoms with van der Waals surface area (Å²) in [6.07, 6.45) is 1.98. The van der Waals surface area contributed by atoms with E-state index in [-0.39, 0.29) is 0 Å². The highest BCUT2D eigenvalue weighted by atomic mass is 35.5. The molecule has 0 bridgehead atoms. The Kier molecular flexibility index (Phi) is 3.42. The van der Waals surface area contributed by atoms with Gasteiger partial charge in [0.25, 0.3) is 0 Å². The Hall–Kier alpha value is -0.690. The van der Waals surface area contributed by atoms with Crippen molar-refractivity contribution in [1.29, 1.82) is 0 Å². The maximum atomic E-state index is 5.82. The molecule has 12 heavy (non-hydrogen) atoms. The quantitative estimate of drug-likeness (QED) is 0.566. The first-order valence-electron chi connectivity index (χ1n) is 4.15. The van der Waals surface area contributed by atoms with Crippen molar-refractivity contribution in [3.63, 3.8) is 0 Å². The van der Waals surface area contributed by atoms with Crippen LogP contribution in [0, 0.1) is 6.92 Å². The molecule has 0 radical (unpaired) electrons. The standard InChI is InChI=1S/C10H14ClN/c1-8-4-2-6-10(12)9(8)5-3-7-11/h2,4,6H,3,5,7,12H2,1H3. The van der Waals surface area contributed by atoms with Gasteiger partial charge in [-0.15, -0.1) is 11.6 Å². The summed E-state index contributed by atoms with van der Waals surface area (Å²) in [7, 11) is 0. The Labute approximate surface area is 78.5 Å². The third-order valence-corrected chi connectivity index (χ3v) is 2.27. The molecule has 0 spiro atoms. The molecule has 66 valence electrons.